The van der Waals surface area contributed by atoms with E-state index in [1.165, 1.54) is 6.07 Å². The molecule has 0 spiro atoms. The first-order chi connectivity index (χ1) is 15.0. The molecule has 4 rings (SSSR count). The predicted molar refractivity (Wildman–Crippen MR) is 116 cm³/mol. The molecule has 4 nitrogen and oxygen atoms in total. The highest BCUT2D eigenvalue weighted by Gasteiger charge is 2.56. The Morgan fingerprint density at radius 3 is 2.32 bits per heavy atom. The quantitative estimate of drug-likeness (QED) is 0.350. The molecule has 0 aromatic heterocycles. The first-order valence-corrected chi connectivity index (χ1v) is 10.4. The van der Waals surface area contributed by atoms with Crippen LogP contribution < -0.4 is 4.74 Å². The minimum atomic E-state index is -0.821. The van der Waals surface area contributed by atoms with E-state index >= 15 is 0 Å². The second-order valence-corrected chi connectivity index (χ2v) is 7.63. The van der Waals surface area contributed by atoms with E-state index in [0.29, 0.717) is 12.2 Å². The van der Waals surface area contributed by atoms with Gasteiger partial charge in [0.15, 0.2) is 11.6 Å². The summed E-state index contributed by atoms with van der Waals surface area (Å²) >= 11 is 0. The number of benzene rings is 3. The fourth-order valence-electron chi connectivity index (χ4n) is 3.76. The molecule has 3 aromatic carbocycles. The van der Waals surface area contributed by atoms with Gasteiger partial charge in [0.05, 0.1) is 19.1 Å². The molecule has 0 radical (unpaired) electrons. The summed E-state index contributed by atoms with van der Waals surface area (Å²) in [7, 11) is 0. The van der Waals surface area contributed by atoms with Crippen molar-refractivity contribution in [3.63, 3.8) is 0 Å². The van der Waals surface area contributed by atoms with Crippen LogP contribution in [-0.4, -0.2) is 18.7 Å². The maximum absolute atomic E-state index is 14.7. The van der Waals surface area contributed by atoms with E-state index in [0.717, 1.165) is 16.7 Å². The largest absolute Gasteiger partial charge is 0.486 e. The summed E-state index contributed by atoms with van der Waals surface area (Å²) in [6.07, 6.45) is -0.110. The molecule has 0 saturated carbocycles. The van der Waals surface area contributed by atoms with Gasteiger partial charge in [-0.1, -0.05) is 60.7 Å². The Balaban J connectivity index is 1.41. The first kappa shape index (κ1) is 21.1. The molecule has 0 amide bonds. The van der Waals surface area contributed by atoms with E-state index in [2.05, 4.69) is 12.1 Å². The SMILES string of the molecule is CCOC(=O)CC1(c2ccc(OCc3ccc(-c4ccccc4)cc3)c(F)c2)OC1C. The fraction of sp³-hybridized carbons (Fsp3) is 0.269. The summed E-state index contributed by atoms with van der Waals surface area (Å²) in [6, 6.07) is 22.8. The highest BCUT2D eigenvalue weighted by atomic mass is 19.1. The van der Waals surface area contributed by atoms with Gasteiger partial charge in [-0.2, -0.15) is 0 Å². The summed E-state index contributed by atoms with van der Waals surface area (Å²) in [6.45, 7) is 4.17. The van der Waals surface area contributed by atoms with Crippen molar-refractivity contribution in [3.05, 3.63) is 89.7 Å². The van der Waals surface area contributed by atoms with Crippen LogP contribution in [0.2, 0.25) is 0 Å². The summed E-state index contributed by atoms with van der Waals surface area (Å²) < 4.78 is 31.1. The Kier molecular flexibility index (Phi) is 6.05. The van der Waals surface area contributed by atoms with E-state index in [1.807, 2.05) is 49.4 Å². The average molecular weight is 420 g/mol. The highest BCUT2D eigenvalue weighted by molar-refractivity contribution is 5.72. The van der Waals surface area contributed by atoms with Crippen LogP contribution in [0.1, 0.15) is 31.4 Å². The molecule has 160 valence electrons. The van der Waals surface area contributed by atoms with Crippen molar-refractivity contribution >= 4 is 5.97 Å². The smallest absolute Gasteiger partial charge is 0.309 e. The van der Waals surface area contributed by atoms with Gasteiger partial charge in [0.2, 0.25) is 0 Å². The molecule has 2 unspecified atom stereocenters. The Hall–Kier alpha value is -3.18. The standard InChI is InChI=1S/C26H25FO4/c1-3-29-25(28)16-26(18(2)31-26)22-13-14-24(23(27)15-22)30-17-19-9-11-21(12-10-19)20-7-5-4-6-8-20/h4-15,18H,3,16-17H2,1-2H3. The Morgan fingerprint density at radius 1 is 1.03 bits per heavy atom. The number of epoxide rings is 1. The van der Waals surface area contributed by atoms with Gasteiger partial charge in [-0.05, 0) is 48.2 Å². The molecule has 0 N–H and O–H groups in total. The Bertz CT molecular complexity index is 1050. The van der Waals surface area contributed by atoms with Gasteiger partial charge >= 0.3 is 5.97 Å². The number of carbonyl (C=O) groups excluding carboxylic acids is 1. The summed E-state index contributed by atoms with van der Waals surface area (Å²) in [5, 5.41) is 0. The van der Waals surface area contributed by atoms with Crippen molar-refractivity contribution in [2.24, 2.45) is 0 Å². The van der Waals surface area contributed by atoms with Gasteiger partial charge in [-0.25, -0.2) is 4.39 Å². The first-order valence-electron chi connectivity index (χ1n) is 10.4. The van der Waals surface area contributed by atoms with Crippen molar-refractivity contribution < 1.29 is 23.4 Å². The predicted octanol–water partition coefficient (Wildman–Crippen LogP) is 5.64. The summed E-state index contributed by atoms with van der Waals surface area (Å²) in [5.41, 5.74) is 3.00. The van der Waals surface area contributed by atoms with E-state index < -0.39 is 11.4 Å². The highest BCUT2D eigenvalue weighted by Crippen LogP contribution is 2.49. The van der Waals surface area contributed by atoms with E-state index in [-0.39, 0.29) is 30.9 Å². The molecule has 2 atom stereocenters. The Morgan fingerprint density at radius 2 is 1.71 bits per heavy atom. The van der Waals surface area contributed by atoms with Crippen molar-refractivity contribution in [1.29, 1.82) is 0 Å². The number of rotatable bonds is 8. The average Bonchev–Trinajstić information content (AvgIpc) is 3.43. The van der Waals surface area contributed by atoms with E-state index in [1.54, 1.807) is 19.1 Å². The maximum atomic E-state index is 14.7. The van der Waals surface area contributed by atoms with Crippen LogP contribution in [0.25, 0.3) is 11.1 Å². The molecule has 1 saturated heterocycles. The van der Waals surface area contributed by atoms with Gasteiger partial charge in [0.25, 0.3) is 0 Å². The number of hydrogen-bond donors (Lipinski definition) is 0. The van der Waals surface area contributed by atoms with Crippen molar-refractivity contribution in [1.82, 2.24) is 0 Å². The summed E-state index contributed by atoms with van der Waals surface area (Å²) in [5.74, 6) is -0.675. The second kappa shape index (κ2) is 8.90. The van der Waals surface area contributed by atoms with Crippen molar-refractivity contribution in [3.8, 4) is 16.9 Å². The number of hydrogen-bond acceptors (Lipinski definition) is 4. The van der Waals surface area contributed by atoms with Gasteiger partial charge < -0.3 is 14.2 Å². The van der Waals surface area contributed by atoms with Gasteiger partial charge in [-0.15, -0.1) is 0 Å². The molecule has 1 aliphatic heterocycles. The zero-order chi connectivity index (χ0) is 21.8. The molecular formula is C26H25FO4. The molecular weight excluding hydrogens is 395 g/mol. The molecule has 0 aliphatic carbocycles. The number of halogens is 1. The van der Waals surface area contributed by atoms with Crippen molar-refractivity contribution in [2.45, 2.75) is 38.6 Å². The topological polar surface area (TPSA) is 48.1 Å². The molecule has 5 heteroatoms. The molecule has 1 aliphatic rings. The zero-order valence-electron chi connectivity index (χ0n) is 17.6. The van der Waals surface area contributed by atoms with Gasteiger partial charge in [0, 0.05) is 0 Å². The molecule has 0 bridgehead atoms. The molecule has 1 heterocycles. The van der Waals surface area contributed by atoms with Gasteiger partial charge in [0.1, 0.15) is 12.2 Å². The third kappa shape index (κ3) is 4.62. The summed E-state index contributed by atoms with van der Waals surface area (Å²) in [4.78, 5) is 11.9. The lowest BCUT2D eigenvalue weighted by Gasteiger charge is -2.14. The third-order valence-electron chi connectivity index (χ3n) is 5.57. The zero-order valence-corrected chi connectivity index (χ0v) is 17.6. The van der Waals surface area contributed by atoms with Crippen molar-refractivity contribution in [2.75, 3.05) is 6.61 Å². The van der Waals surface area contributed by atoms with Crippen LogP contribution in [0.3, 0.4) is 0 Å². The second-order valence-electron chi connectivity index (χ2n) is 7.63. The maximum Gasteiger partial charge on any atom is 0.309 e. The van der Waals surface area contributed by atoms with Gasteiger partial charge in [-0.3, -0.25) is 4.79 Å². The monoisotopic (exact) mass is 420 g/mol. The number of esters is 1. The third-order valence-corrected chi connectivity index (χ3v) is 5.57. The van der Waals surface area contributed by atoms with Crippen LogP contribution in [0.5, 0.6) is 5.75 Å². The number of carbonyl (C=O) groups is 1. The van der Waals surface area contributed by atoms with E-state index in [4.69, 9.17) is 14.2 Å². The van der Waals surface area contributed by atoms with Crippen LogP contribution in [0, 0.1) is 5.82 Å². The van der Waals surface area contributed by atoms with Crippen LogP contribution in [0.15, 0.2) is 72.8 Å². The molecule has 31 heavy (non-hydrogen) atoms. The lowest BCUT2D eigenvalue weighted by atomic mass is 9.92. The van der Waals surface area contributed by atoms with Crippen LogP contribution in [0.4, 0.5) is 4.39 Å². The lowest BCUT2D eigenvalue weighted by Crippen LogP contribution is -2.19. The molecule has 1 fully saturated rings. The number of ether oxygens (including phenoxy) is 3. The van der Waals surface area contributed by atoms with E-state index in [9.17, 15) is 9.18 Å². The molecule has 3 aromatic rings. The normalized spacial score (nSPS) is 19.6. The lowest BCUT2D eigenvalue weighted by molar-refractivity contribution is -0.144. The van der Waals surface area contributed by atoms with Crippen LogP contribution in [-0.2, 0) is 26.5 Å². The minimum Gasteiger partial charge on any atom is -0.486 e. The van der Waals surface area contributed by atoms with Crippen LogP contribution >= 0.6 is 0 Å². The Labute approximate surface area is 181 Å². The minimum absolute atomic E-state index is 0.0649. The fourth-order valence-corrected chi connectivity index (χ4v) is 3.76.